The van der Waals surface area contributed by atoms with Crippen molar-refractivity contribution in [2.45, 2.75) is 12.5 Å². The SMILES string of the molecule is COc1ccc(O)c(C(=O)c2cnn([C@@H]3CCS(=O)(=O)C3)c2)c1. The molecule has 23 heavy (non-hydrogen) atoms. The van der Waals surface area contributed by atoms with Crippen LogP contribution in [0.5, 0.6) is 11.5 Å². The van der Waals surface area contributed by atoms with E-state index >= 15 is 0 Å². The molecule has 1 saturated heterocycles. The highest BCUT2D eigenvalue weighted by Crippen LogP contribution is 2.27. The third-order valence-corrected chi connectivity index (χ3v) is 5.64. The number of methoxy groups -OCH3 is 1. The number of hydrogen-bond donors (Lipinski definition) is 1. The third-order valence-electron chi connectivity index (χ3n) is 3.89. The molecule has 122 valence electrons. The van der Waals surface area contributed by atoms with Gasteiger partial charge in [0.1, 0.15) is 11.5 Å². The fourth-order valence-corrected chi connectivity index (χ4v) is 4.32. The maximum absolute atomic E-state index is 12.5. The van der Waals surface area contributed by atoms with Gasteiger partial charge in [0.15, 0.2) is 15.6 Å². The van der Waals surface area contributed by atoms with E-state index in [1.54, 1.807) is 6.07 Å². The van der Waals surface area contributed by atoms with E-state index in [1.807, 2.05) is 0 Å². The molecule has 8 heteroatoms. The number of carbonyl (C=O) groups is 1. The highest BCUT2D eigenvalue weighted by Gasteiger charge is 2.30. The molecule has 1 fully saturated rings. The summed E-state index contributed by atoms with van der Waals surface area (Å²) in [4.78, 5) is 12.5. The number of ether oxygens (including phenoxy) is 1. The van der Waals surface area contributed by atoms with Crippen LogP contribution in [0.4, 0.5) is 0 Å². The van der Waals surface area contributed by atoms with Gasteiger partial charge in [0, 0.05) is 6.20 Å². The van der Waals surface area contributed by atoms with Crippen LogP contribution in [0, 0.1) is 0 Å². The number of aromatic hydroxyl groups is 1. The van der Waals surface area contributed by atoms with E-state index in [0.29, 0.717) is 12.2 Å². The molecule has 7 nitrogen and oxygen atoms in total. The summed E-state index contributed by atoms with van der Waals surface area (Å²) in [5.74, 6) is 0.0884. The van der Waals surface area contributed by atoms with Crippen LogP contribution in [0.15, 0.2) is 30.6 Å². The maximum atomic E-state index is 12.5. The van der Waals surface area contributed by atoms with Crippen molar-refractivity contribution in [3.63, 3.8) is 0 Å². The average molecular weight is 336 g/mol. The summed E-state index contributed by atoms with van der Waals surface area (Å²) in [6.45, 7) is 0. The summed E-state index contributed by atoms with van der Waals surface area (Å²) in [6, 6.07) is 4.15. The van der Waals surface area contributed by atoms with Gasteiger partial charge in [-0.2, -0.15) is 5.10 Å². The summed E-state index contributed by atoms with van der Waals surface area (Å²) in [6.07, 6.45) is 3.39. The van der Waals surface area contributed by atoms with Crippen LogP contribution in [0.1, 0.15) is 28.4 Å². The Morgan fingerprint density at radius 2 is 2.22 bits per heavy atom. The number of hydrogen-bond acceptors (Lipinski definition) is 6. The number of rotatable bonds is 4. The Labute approximate surface area is 133 Å². The molecule has 0 unspecified atom stereocenters. The summed E-state index contributed by atoms with van der Waals surface area (Å²) < 4.78 is 29.6. The van der Waals surface area contributed by atoms with Gasteiger partial charge in [0.05, 0.1) is 42.0 Å². The van der Waals surface area contributed by atoms with Gasteiger partial charge in [0.2, 0.25) is 0 Å². The number of aromatic nitrogens is 2. The number of ketones is 1. The van der Waals surface area contributed by atoms with Crippen molar-refractivity contribution < 1.29 is 23.1 Å². The second-order valence-electron chi connectivity index (χ2n) is 5.48. The van der Waals surface area contributed by atoms with E-state index in [0.717, 1.165) is 0 Å². The molecule has 1 aliphatic heterocycles. The standard InChI is InChI=1S/C15H16N2O5S/c1-22-12-2-3-14(18)13(6-12)15(19)10-7-16-17(8-10)11-4-5-23(20,21)9-11/h2-3,6-8,11,18H,4-5,9H2,1H3/t11-/m1/s1. The van der Waals surface area contributed by atoms with Gasteiger partial charge in [-0.15, -0.1) is 0 Å². The van der Waals surface area contributed by atoms with E-state index in [2.05, 4.69) is 5.10 Å². The topological polar surface area (TPSA) is 98.5 Å². The van der Waals surface area contributed by atoms with Gasteiger partial charge in [-0.05, 0) is 24.6 Å². The van der Waals surface area contributed by atoms with Crippen LogP contribution in [-0.2, 0) is 9.84 Å². The number of benzene rings is 1. The number of phenols is 1. The fraction of sp³-hybridized carbons (Fsp3) is 0.333. The van der Waals surface area contributed by atoms with Crippen LogP contribution in [0.25, 0.3) is 0 Å². The Bertz CT molecular complexity index is 857. The Kier molecular flexibility index (Phi) is 3.85. The summed E-state index contributed by atoms with van der Waals surface area (Å²) in [5.41, 5.74) is 0.404. The minimum Gasteiger partial charge on any atom is -0.507 e. The predicted octanol–water partition coefficient (Wildman–Crippen LogP) is 1.19. The van der Waals surface area contributed by atoms with Crippen molar-refractivity contribution >= 4 is 15.6 Å². The van der Waals surface area contributed by atoms with Crippen LogP contribution >= 0.6 is 0 Å². The molecule has 0 spiro atoms. The molecule has 1 aromatic carbocycles. The smallest absolute Gasteiger partial charge is 0.200 e. The van der Waals surface area contributed by atoms with Crippen molar-refractivity contribution in [3.05, 3.63) is 41.7 Å². The molecule has 0 amide bonds. The first kappa shape index (κ1) is 15.5. The van der Waals surface area contributed by atoms with E-state index in [4.69, 9.17) is 4.74 Å². The molecule has 2 heterocycles. The lowest BCUT2D eigenvalue weighted by molar-refractivity contribution is 0.103. The lowest BCUT2D eigenvalue weighted by Gasteiger charge is -2.07. The normalized spacial score (nSPS) is 19.6. The van der Waals surface area contributed by atoms with Crippen molar-refractivity contribution in [2.24, 2.45) is 0 Å². The van der Waals surface area contributed by atoms with Gasteiger partial charge in [-0.25, -0.2) is 8.42 Å². The maximum Gasteiger partial charge on any atom is 0.200 e. The molecule has 1 atom stereocenters. The van der Waals surface area contributed by atoms with E-state index in [9.17, 15) is 18.3 Å². The molecule has 1 aromatic heterocycles. The first-order valence-corrected chi connectivity index (χ1v) is 8.88. The summed E-state index contributed by atoms with van der Waals surface area (Å²) in [7, 11) is -1.55. The molecule has 0 aliphatic carbocycles. The lowest BCUT2D eigenvalue weighted by Crippen LogP contribution is -2.11. The van der Waals surface area contributed by atoms with E-state index in [1.165, 1.54) is 36.3 Å². The lowest BCUT2D eigenvalue weighted by atomic mass is 10.1. The van der Waals surface area contributed by atoms with Gasteiger partial charge in [-0.3, -0.25) is 9.48 Å². The number of carbonyl (C=O) groups excluding carboxylic acids is 1. The first-order chi connectivity index (χ1) is 10.9. The zero-order valence-corrected chi connectivity index (χ0v) is 13.3. The molecule has 0 radical (unpaired) electrons. The minimum absolute atomic E-state index is 0.0344. The molecule has 3 rings (SSSR count). The number of sulfone groups is 1. The Morgan fingerprint density at radius 3 is 2.87 bits per heavy atom. The van der Waals surface area contributed by atoms with Crippen LogP contribution < -0.4 is 4.74 Å². The van der Waals surface area contributed by atoms with Gasteiger partial charge >= 0.3 is 0 Å². The number of nitrogens with zero attached hydrogens (tertiary/aromatic N) is 2. The molecule has 1 aliphatic rings. The monoisotopic (exact) mass is 336 g/mol. The molecule has 2 aromatic rings. The summed E-state index contributed by atoms with van der Waals surface area (Å²) in [5, 5.41) is 14.0. The quantitative estimate of drug-likeness (QED) is 0.842. The third kappa shape index (κ3) is 3.07. The van der Waals surface area contributed by atoms with Gasteiger partial charge < -0.3 is 9.84 Å². The largest absolute Gasteiger partial charge is 0.507 e. The van der Waals surface area contributed by atoms with Crippen molar-refractivity contribution in [1.82, 2.24) is 9.78 Å². The van der Waals surface area contributed by atoms with E-state index in [-0.39, 0.29) is 34.4 Å². The second kappa shape index (κ2) is 5.69. The van der Waals surface area contributed by atoms with Gasteiger partial charge in [0.25, 0.3) is 0 Å². The molecule has 1 N–H and O–H groups in total. The van der Waals surface area contributed by atoms with E-state index < -0.39 is 15.6 Å². The number of phenolic OH excluding ortho intramolecular Hbond substituents is 1. The first-order valence-electron chi connectivity index (χ1n) is 7.06. The van der Waals surface area contributed by atoms with Crippen molar-refractivity contribution in [1.29, 1.82) is 0 Å². The highest BCUT2D eigenvalue weighted by atomic mass is 32.2. The van der Waals surface area contributed by atoms with Crippen LogP contribution in [0.3, 0.4) is 0 Å². The zero-order valence-electron chi connectivity index (χ0n) is 12.5. The Hall–Kier alpha value is -2.35. The fourth-order valence-electron chi connectivity index (χ4n) is 2.62. The van der Waals surface area contributed by atoms with Crippen molar-refractivity contribution in [3.8, 4) is 11.5 Å². The molecule has 0 saturated carbocycles. The van der Waals surface area contributed by atoms with Crippen LogP contribution in [-0.4, -0.2) is 47.7 Å². The predicted molar refractivity (Wildman–Crippen MR) is 82.6 cm³/mol. The summed E-state index contributed by atoms with van der Waals surface area (Å²) >= 11 is 0. The highest BCUT2D eigenvalue weighted by molar-refractivity contribution is 7.91. The average Bonchev–Trinajstić information content (AvgIpc) is 3.13. The molecule has 0 bridgehead atoms. The molecular weight excluding hydrogens is 320 g/mol. The van der Waals surface area contributed by atoms with Crippen molar-refractivity contribution in [2.75, 3.05) is 18.6 Å². The van der Waals surface area contributed by atoms with Crippen LogP contribution in [0.2, 0.25) is 0 Å². The van der Waals surface area contributed by atoms with Gasteiger partial charge in [-0.1, -0.05) is 0 Å². The zero-order chi connectivity index (χ0) is 16.6. The Balaban J connectivity index is 1.87. The Morgan fingerprint density at radius 1 is 1.43 bits per heavy atom. The second-order valence-corrected chi connectivity index (χ2v) is 7.71. The molecular formula is C15H16N2O5S. The minimum atomic E-state index is -3.02.